The number of benzene rings is 2. The van der Waals surface area contributed by atoms with Crippen molar-refractivity contribution in [1.82, 2.24) is 15.1 Å². The van der Waals surface area contributed by atoms with Crippen molar-refractivity contribution in [2.24, 2.45) is 0 Å². The van der Waals surface area contributed by atoms with Gasteiger partial charge in [-0.2, -0.15) is 0 Å². The molecule has 172 valence electrons. The van der Waals surface area contributed by atoms with Gasteiger partial charge in [0.05, 0.1) is 19.1 Å². The molecule has 2 aromatic rings. The van der Waals surface area contributed by atoms with Crippen LogP contribution in [-0.4, -0.2) is 60.9 Å². The van der Waals surface area contributed by atoms with E-state index in [4.69, 9.17) is 23.2 Å². The van der Waals surface area contributed by atoms with Gasteiger partial charge < -0.3 is 10.6 Å². The number of amides is 2. The first-order valence-corrected chi connectivity index (χ1v) is 11.7. The zero-order chi connectivity index (χ0) is 23.1. The van der Waals surface area contributed by atoms with E-state index in [0.717, 1.165) is 49.4 Å². The van der Waals surface area contributed by atoms with Crippen LogP contribution >= 0.6 is 23.2 Å². The van der Waals surface area contributed by atoms with Gasteiger partial charge in [0.2, 0.25) is 11.8 Å². The van der Waals surface area contributed by atoms with Crippen molar-refractivity contribution in [2.75, 3.05) is 44.6 Å². The van der Waals surface area contributed by atoms with Crippen molar-refractivity contribution in [1.29, 1.82) is 0 Å². The number of hydrogen-bond acceptors (Lipinski definition) is 4. The molecule has 6 nitrogen and oxygen atoms in total. The standard InChI is InChI=1S/C24H30Cl2N4O2/c1-3-18-6-4-5-7-22(18)28-24(32)16-30-12-10-29(11-13-30)15-23(31)27-17(2)20-9-8-19(25)14-21(20)26/h4-9,14,17H,3,10-13,15-16H2,1-2H3,(H,27,31)(H,28,32). The lowest BCUT2D eigenvalue weighted by Gasteiger charge is -2.34. The predicted molar refractivity (Wildman–Crippen MR) is 130 cm³/mol. The Bertz CT molecular complexity index is 945. The number of para-hydroxylation sites is 1. The van der Waals surface area contributed by atoms with Crippen molar-refractivity contribution in [3.63, 3.8) is 0 Å². The summed E-state index contributed by atoms with van der Waals surface area (Å²) >= 11 is 12.2. The molecule has 8 heteroatoms. The molecule has 0 spiro atoms. The van der Waals surface area contributed by atoms with E-state index in [1.165, 1.54) is 0 Å². The Balaban J connectivity index is 1.41. The number of nitrogens with one attached hydrogen (secondary N) is 2. The Hall–Kier alpha value is -2.12. The third-order valence-corrected chi connectivity index (χ3v) is 6.24. The molecule has 0 bridgehead atoms. The molecule has 0 aromatic heterocycles. The topological polar surface area (TPSA) is 64.7 Å². The first-order valence-electron chi connectivity index (χ1n) is 10.9. The number of nitrogens with zero attached hydrogens (tertiary/aromatic N) is 2. The molecule has 1 aliphatic rings. The summed E-state index contributed by atoms with van der Waals surface area (Å²) in [6.07, 6.45) is 0.875. The Labute approximate surface area is 199 Å². The van der Waals surface area contributed by atoms with E-state index in [0.29, 0.717) is 23.1 Å². The summed E-state index contributed by atoms with van der Waals surface area (Å²) in [7, 11) is 0. The van der Waals surface area contributed by atoms with Gasteiger partial charge in [0.1, 0.15) is 0 Å². The second kappa shape index (κ2) is 11.7. The average molecular weight is 477 g/mol. The number of carbonyl (C=O) groups is 2. The molecule has 1 atom stereocenters. The lowest BCUT2D eigenvalue weighted by molar-refractivity contribution is -0.124. The Morgan fingerprint density at radius 3 is 2.22 bits per heavy atom. The van der Waals surface area contributed by atoms with Crippen molar-refractivity contribution in [3.05, 3.63) is 63.6 Å². The minimum absolute atomic E-state index is 0.00855. The molecule has 0 radical (unpaired) electrons. The fourth-order valence-electron chi connectivity index (χ4n) is 3.87. The summed E-state index contributed by atoms with van der Waals surface area (Å²) in [6.45, 7) is 7.61. The predicted octanol–water partition coefficient (Wildman–Crippen LogP) is 3.99. The fourth-order valence-corrected chi connectivity index (χ4v) is 4.44. The van der Waals surface area contributed by atoms with Gasteiger partial charge in [0.15, 0.2) is 0 Å². The second-order valence-electron chi connectivity index (χ2n) is 8.07. The van der Waals surface area contributed by atoms with Gasteiger partial charge in [0, 0.05) is 41.9 Å². The quantitative estimate of drug-likeness (QED) is 0.604. The van der Waals surface area contributed by atoms with E-state index >= 15 is 0 Å². The van der Waals surface area contributed by atoms with Crippen LogP contribution in [-0.2, 0) is 16.0 Å². The summed E-state index contributed by atoms with van der Waals surface area (Å²) in [4.78, 5) is 29.2. The van der Waals surface area contributed by atoms with Crippen molar-refractivity contribution >= 4 is 40.7 Å². The minimum atomic E-state index is -0.205. The SMILES string of the molecule is CCc1ccccc1NC(=O)CN1CCN(CC(=O)NC(C)c2ccc(Cl)cc2Cl)CC1. The normalized spacial score (nSPS) is 15.9. The molecule has 1 aliphatic heterocycles. The van der Waals surface area contributed by atoms with Gasteiger partial charge >= 0.3 is 0 Å². The number of aryl methyl sites for hydroxylation is 1. The molecule has 1 fully saturated rings. The molecule has 32 heavy (non-hydrogen) atoms. The Morgan fingerprint density at radius 2 is 1.59 bits per heavy atom. The number of anilines is 1. The van der Waals surface area contributed by atoms with Crippen LogP contribution in [0.1, 0.15) is 31.0 Å². The van der Waals surface area contributed by atoms with Crippen LogP contribution in [0.4, 0.5) is 5.69 Å². The third-order valence-electron chi connectivity index (χ3n) is 5.68. The van der Waals surface area contributed by atoms with E-state index in [1.807, 2.05) is 37.3 Å². The molecule has 1 saturated heterocycles. The number of hydrogen-bond donors (Lipinski definition) is 2. The number of piperazine rings is 1. The van der Waals surface area contributed by atoms with Gasteiger partial charge in [-0.25, -0.2) is 0 Å². The lowest BCUT2D eigenvalue weighted by Crippen LogP contribution is -2.51. The van der Waals surface area contributed by atoms with Crippen LogP contribution in [0.5, 0.6) is 0 Å². The van der Waals surface area contributed by atoms with Gasteiger partial charge in [0.25, 0.3) is 0 Å². The van der Waals surface area contributed by atoms with Crippen LogP contribution in [0.3, 0.4) is 0 Å². The zero-order valence-corrected chi connectivity index (χ0v) is 20.0. The molecule has 0 saturated carbocycles. The lowest BCUT2D eigenvalue weighted by atomic mass is 10.1. The van der Waals surface area contributed by atoms with E-state index in [9.17, 15) is 9.59 Å². The molecule has 1 unspecified atom stereocenters. The fraction of sp³-hybridized carbons (Fsp3) is 0.417. The van der Waals surface area contributed by atoms with Crippen molar-refractivity contribution in [2.45, 2.75) is 26.3 Å². The first kappa shape index (κ1) is 24.5. The Morgan fingerprint density at radius 1 is 0.969 bits per heavy atom. The van der Waals surface area contributed by atoms with E-state index in [2.05, 4.69) is 27.4 Å². The van der Waals surface area contributed by atoms with Crippen LogP contribution in [0.15, 0.2) is 42.5 Å². The highest BCUT2D eigenvalue weighted by Gasteiger charge is 2.22. The smallest absolute Gasteiger partial charge is 0.238 e. The number of rotatable bonds is 8. The molecule has 0 aliphatic carbocycles. The summed E-state index contributed by atoms with van der Waals surface area (Å²) < 4.78 is 0. The van der Waals surface area contributed by atoms with E-state index in [1.54, 1.807) is 12.1 Å². The summed E-state index contributed by atoms with van der Waals surface area (Å²) in [5.41, 5.74) is 2.85. The summed E-state index contributed by atoms with van der Waals surface area (Å²) in [6, 6.07) is 12.9. The highest BCUT2D eigenvalue weighted by Crippen LogP contribution is 2.26. The summed E-state index contributed by atoms with van der Waals surface area (Å²) in [5.74, 6) is -0.0587. The van der Waals surface area contributed by atoms with Crippen LogP contribution in [0.2, 0.25) is 10.0 Å². The van der Waals surface area contributed by atoms with Gasteiger partial charge in [-0.3, -0.25) is 19.4 Å². The van der Waals surface area contributed by atoms with Crippen LogP contribution in [0, 0.1) is 0 Å². The number of carbonyl (C=O) groups excluding carboxylic acids is 2. The van der Waals surface area contributed by atoms with Crippen LogP contribution < -0.4 is 10.6 Å². The average Bonchev–Trinajstić information content (AvgIpc) is 2.75. The van der Waals surface area contributed by atoms with Gasteiger partial charge in [-0.1, -0.05) is 54.4 Å². The minimum Gasteiger partial charge on any atom is -0.348 e. The van der Waals surface area contributed by atoms with Crippen LogP contribution in [0.25, 0.3) is 0 Å². The molecule has 2 aromatic carbocycles. The molecule has 1 heterocycles. The molecule has 3 rings (SSSR count). The third kappa shape index (κ3) is 6.94. The first-order chi connectivity index (χ1) is 15.4. The maximum atomic E-state index is 12.5. The second-order valence-corrected chi connectivity index (χ2v) is 8.91. The number of halogens is 2. The van der Waals surface area contributed by atoms with Gasteiger partial charge in [-0.05, 0) is 42.7 Å². The van der Waals surface area contributed by atoms with Crippen molar-refractivity contribution in [3.8, 4) is 0 Å². The molecule has 2 amide bonds. The molecule has 2 N–H and O–H groups in total. The zero-order valence-electron chi connectivity index (χ0n) is 18.5. The van der Waals surface area contributed by atoms with Crippen molar-refractivity contribution < 1.29 is 9.59 Å². The Kier molecular flexibility index (Phi) is 8.93. The maximum Gasteiger partial charge on any atom is 0.238 e. The largest absolute Gasteiger partial charge is 0.348 e. The monoisotopic (exact) mass is 476 g/mol. The summed E-state index contributed by atoms with van der Waals surface area (Å²) in [5, 5.41) is 7.13. The van der Waals surface area contributed by atoms with E-state index in [-0.39, 0.29) is 17.9 Å². The highest BCUT2D eigenvalue weighted by atomic mass is 35.5. The van der Waals surface area contributed by atoms with Gasteiger partial charge in [-0.15, -0.1) is 0 Å². The van der Waals surface area contributed by atoms with E-state index < -0.39 is 0 Å². The highest BCUT2D eigenvalue weighted by molar-refractivity contribution is 6.35. The molecular weight excluding hydrogens is 447 g/mol. The maximum absolute atomic E-state index is 12.5. The molecular formula is C24H30Cl2N4O2.